The van der Waals surface area contributed by atoms with Gasteiger partial charge in [0.2, 0.25) is 10.0 Å². The van der Waals surface area contributed by atoms with Crippen LogP contribution in [0.3, 0.4) is 0 Å². The van der Waals surface area contributed by atoms with E-state index < -0.39 is 33.7 Å². The van der Waals surface area contributed by atoms with Crippen LogP contribution in [0.4, 0.5) is 5.82 Å². The van der Waals surface area contributed by atoms with E-state index in [-0.39, 0.29) is 72.7 Å². The Morgan fingerprint density at radius 2 is 1.63 bits per heavy atom. The van der Waals surface area contributed by atoms with Gasteiger partial charge in [0.05, 0.1) is 47.4 Å². The van der Waals surface area contributed by atoms with Gasteiger partial charge in [0.25, 0.3) is 11.8 Å². The number of hydrogen-bond donors (Lipinski definition) is 1. The Hall–Kier alpha value is -6.00. The van der Waals surface area contributed by atoms with Crippen LogP contribution in [0.5, 0.6) is 17.2 Å². The van der Waals surface area contributed by atoms with Gasteiger partial charge in [-0.05, 0) is 87.1 Å². The number of ether oxygens (including phenoxy) is 2. The lowest BCUT2D eigenvalue weighted by atomic mass is 9.92. The lowest BCUT2D eigenvalue weighted by molar-refractivity contribution is -0.132. The van der Waals surface area contributed by atoms with Crippen LogP contribution in [0.25, 0.3) is 22.3 Å². The molecule has 16 heteroatoms. The highest BCUT2D eigenvalue weighted by atomic mass is 32.2. The zero-order chi connectivity index (χ0) is 39.7. The first-order valence-corrected chi connectivity index (χ1v) is 20.7. The molecule has 15 nitrogen and oxygen atoms in total. The number of sulfonamides is 1. The minimum Gasteiger partial charge on any atom is -0.493 e. The monoisotopic (exact) mass is 791 g/mol. The lowest BCUT2D eigenvalue weighted by Crippen LogP contribution is -2.47. The molecule has 2 N–H and O–H groups in total. The lowest BCUT2D eigenvalue weighted by Gasteiger charge is -2.32. The fourth-order valence-electron chi connectivity index (χ4n) is 7.81. The van der Waals surface area contributed by atoms with Gasteiger partial charge < -0.3 is 15.2 Å². The summed E-state index contributed by atoms with van der Waals surface area (Å²) < 4.78 is 42.4. The number of benzene rings is 3. The van der Waals surface area contributed by atoms with Gasteiger partial charge in [0, 0.05) is 25.1 Å². The summed E-state index contributed by atoms with van der Waals surface area (Å²) in [5, 5.41) is 5.55. The largest absolute Gasteiger partial charge is 0.493 e. The van der Waals surface area contributed by atoms with Gasteiger partial charge in [-0.1, -0.05) is 24.3 Å². The number of amides is 2. The highest BCUT2D eigenvalue weighted by Gasteiger charge is 2.45. The summed E-state index contributed by atoms with van der Waals surface area (Å²) in [7, 11) is -3.60. The van der Waals surface area contributed by atoms with Crippen LogP contribution in [0.15, 0.2) is 79.1 Å². The number of nitrogens with zero attached hydrogens (tertiary/aromatic N) is 6. The first-order valence-electron chi connectivity index (χ1n) is 19.1. The molecule has 3 aliphatic rings. The molecule has 1 unspecified atom stereocenters. The smallest absolute Gasteiger partial charge is 0.266 e. The molecule has 2 atom stereocenters. The Labute approximate surface area is 328 Å². The van der Waals surface area contributed by atoms with Crippen molar-refractivity contribution in [3.8, 4) is 28.5 Å². The number of piperidine rings is 1. The van der Waals surface area contributed by atoms with Gasteiger partial charge in [-0.15, -0.1) is 0 Å². The van der Waals surface area contributed by atoms with Crippen LogP contribution in [-0.2, 0) is 19.6 Å². The maximum Gasteiger partial charge on any atom is 0.266 e. The normalized spacial score (nSPS) is 19.0. The number of unbranched alkanes of at least 4 members (excludes halogenated alkanes) is 2. The zero-order valence-corrected chi connectivity index (χ0v) is 31.9. The molecule has 3 aromatic carbocycles. The second-order valence-electron chi connectivity index (χ2n) is 14.5. The van der Waals surface area contributed by atoms with E-state index in [1.807, 2.05) is 54.6 Å². The third-order valence-corrected chi connectivity index (χ3v) is 12.6. The van der Waals surface area contributed by atoms with Crippen LogP contribution in [0.2, 0.25) is 0 Å². The quantitative estimate of drug-likeness (QED) is 0.0911. The molecule has 2 aliphatic heterocycles. The number of nitrogen functional groups attached to an aromatic ring is 1. The number of fused-ring (bicyclic) bond motifs is 2. The van der Waals surface area contributed by atoms with E-state index in [4.69, 9.17) is 20.3 Å². The van der Waals surface area contributed by atoms with Gasteiger partial charge in [0.1, 0.15) is 40.9 Å². The number of aromatic nitrogens is 4. The molecule has 57 heavy (non-hydrogen) atoms. The predicted octanol–water partition coefficient (Wildman–Crippen LogP) is 5.37. The standard InChI is InChI=1S/C41H41N7O8S/c42-38-36-37(26-14-17-30(18-15-26)56-29-10-3-1-4-11-29)45-48(39(36)44-25-43-38)27-9-8-20-46(24-27)57(53,54)22-6-2-5-21-55-34-13-7-12-31-35(34)41(52)47(40(31)51)32-19-16-28(49)23-33(32)50/h1,3-4,7,10-15,17-18,25,27,32H,2,5-6,8-9,16,19-24H2,(H2,42,43,44)/t27-,32?/m0/s1. The van der Waals surface area contributed by atoms with E-state index in [1.165, 1.54) is 16.7 Å². The molecule has 294 valence electrons. The Bertz CT molecular complexity index is 2470. The number of Topliss-reactive ketones (excluding diaryl/α,β-unsaturated/α-hetero) is 2. The van der Waals surface area contributed by atoms with E-state index in [0.717, 1.165) is 16.2 Å². The first-order chi connectivity index (χ1) is 27.6. The van der Waals surface area contributed by atoms with Crippen molar-refractivity contribution in [2.24, 2.45) is 0 Å². The van der Waals surface area contributed by atoms with E-state index in [0.29, 0.717) is 61.1 Å². The highest BCUT2D eigenvalue weighted by molar-refractivity contribution is 7.89. The third-order valence-electron chi connectivity index (χ3n) is 10.7. The molecule has 0 spiro atoms. The fraction of sp³-hybridized carbons (Fsp3) is 0.341. The van der Waals surface area contributed by atoms with Crippen LogP contribution in [-0.4, -0.2) is 92.2 Å². The van der Waals surface area contributed by atoms with Crippen LogP contribution in [0, 0.1) is 0 Å². The number of nitrogens with two attached hydrogens (primary N) is 1. The minimum atomic E-state index is -3.60. The summed E-state index contributed by atoms with van der Waals surface area (Å²) in [5.74, 6) is 0.0364. The van der Waals surface area contributed by atoms with Gasteiger partial charge in [-0.25, -0.2) is 23.1 Å². The Morgan fingerprint density at radius 1 is 0.842 bits per heavy atom. The average molecular weight is 792 g/mol. The molecule has 0 bridgehead atoms. The molecule has 1 saturated carbocycles. The molecule has 4 heterocycles. The van der Waals surface area contributed by atoms with Crippen LogP contribution < -0.4 is 15.2 Å². The van der Waals surface area contributed by atoms with Crippen molar-refractivity contribution in [2.45, 2.75) is 63.5 Å². The van der Waals surface area contributed by atoms with Crippen molar-refractivity contribution in [3.05, 3.63) is 90.3 Å². The average Bonchev–Trinajstić information content (AvgIpc) is 3.73. The van der Waals surface area contributed by atoms with Crippen molar-refractivity contribution in [1.82, 2.24) is 29.0 Å². The van der Waals surface area contributed by atoms with Crippen LogP contribution >= 0.6 is 0 Å². The maximum absolute atomic E-state index is 13.6. The van der Waals surface area contributed by atoms with Crippen molar-refractivity contribution < 1.29 is 37.1 Å². The molecule has 1 aliphatic carbocycles. The van der Waals surface area contributed by atoms with E-state index in [2.05, 4.69) is 9.97 Å². The summed E-state index contributed by atoms with van der Waals surface area (Å²) in [4.78, 5) is 60.5. The summed E-state index contributed by atoms with van der Waals surface area (Å²) in [6, 6.07) is 20.5. The van der Waals surface area contributed by atoms with Gasteiger partial charge in [-0.3, -0.25) is 24.1 Å². The van der Waals surface area contributed by atoms with Gasteiger partial charge >= 0.3 is 0 Å². The van der Waals surface area contributed by atoms with E-state index in [9.17, 15) is 27.6 Å². The van der Waals surface area contributed by atoms with Crippen molar-refractivity contribution in [2.75, 3.05) is 31.2 Å². The van der Waals surface area contributed by atoms with Crippen molar-refractivity contribution in [1.29, 1.82) is 0 Å². The molecular weight excluding hydrogens is 751 g/mol. The van der Waals surface area contributed by atoms with Gasteiger partial charge in [0.15, 0.2) is 11.4 Å². The van der Waals surface area contributed by atoms with E-state index >= 15 is 0 Å². The molecule has 2 aromatic heterocycles. The second kappa shape index (κ2) is 15.9. The Kier molecular flexibility index (Phi) is 10.5. The fourth-order valence-corrected chi connectivity index (χ4v) is 9.45. The third kappa shape index (κ3) is 7.61. The topological polar surface area (TPSA) is 197 Å². The second-order valence-corrected chi connectivity index (χ2v) is 16.6. The molecule has 0 radical (unpaired) electrons. The number of carbonyl (C=O) groups is 4. The minimum absolute atomic E-state index is 0.0437. The number of hydrogen-bond acceptors (Lipinski definition) is 12. The molecule has 2 fully saturated rings. The first kappa shape index (κ1) is 37.9. The molecule has 1 saturated heterocycles. The number of anilines is 1. The predicted molar refractivity (Wildman–Crippen MR) is 209 cm³/mol. The Morgan fingerprint density at radius 3 is 2.42 bits per heavy atom. The van der Waals surface area contributed by atoms with Crippen molar-refractivity contribution >= 4 is 50.3 Å². The summed E-state index contributed by atoms with van der Waals surface area (Å²) in [5.41, 5.74) is 8.56. The van der Waals surface area contributed by atoms with Gasteiger partial charge in [-0.2, -0.15) is 9.40 Å². The number of carbonyl (C=O) groups excluding carboxylic acids is 4. The maximum atomic E-state index is 13.6. The summed E-state index contributed by atoms with van der Waals surface area (Å²) >= 11 is 0. The Balaban J connectivity index is 0.874. The molecule has 5 aromatic rings. The number of imide groups is 1. The zero-order valence-electron chi connectivity index (χ0n) is 31.1. The number of para-hydroxylation sites is 1. The number of ketones is 2. The molecular formula is C41H41N7O8S. The number of rotatable bonds is 13. The van der Waals surface area contributed by atoms with Crippen molar-refractivity contribution in [3.63, 3.8) is 0 Å². The van der Waals surface area contributed by atoms with E-state index in [1.54, 1.807) is 16.8 Å². The molecule has 8 rings (SSSR count). The molecule has 2 amide bonds. The summed E-state index contributed by atoms with van der Waals surface area (Å²) in [6.07, 6.45) is 4.17. The van der Waals surface area contributed by atoms with Crippen LogP contribution in [0.1, 0.15) is 78.1 Å². The highest BCUT2D eigenvalue weighted by Crippen LogP contribution is 2.37. The SMILES string of the molecule is Nc1ncnc2c1c(-c1ccc(Oc3ccccc3)cc1)nn2[C@H]1CCCN(S(=O)(=O)CCCCCOc2cccc3c2C(=O)N(C2CCC(=O)CC2=O)C3=O)C1. The summed E-state index contributed by atoms with van der Waals surface area (Å²) in [6.45, 7) is 0.837.